The van der Waals surface area contributed by atoms with Gasteiger partial charge in [-0.25, -0.2) is 0 Å². The number of thiocarbonyl (C=S) groups is 1. The Morgan fingerprint density at radius 3 is 2.39 bits per heavy atom. The van der Waals surface area contributed by atoms with Gasteiger partial charge in [-0.15, -0.1) is 0 Å². The number of ether oxygens (including phenoxy) is 2. The van der Waals surface area contributed by atoms with E-state index in [-0.39, 0.29) is 17.1 Å². The quantitative estimate of drug-likeness (QED) is 0.609. The van der Waals surface area contributed by atoms with Gasteiger partial charge in [0, 0.05) is 11.3 Å². The predicted octanol–water partition coefficient (Wildman–Crippen LogP) is 5.03. The van der Waals surface area contributed by atoms with Crippen LogP contribution in [0.1, 0.15) is 44.5 Å². The first-order valence-electron chi connectivity index (χ1n) is 9.45. The number of hydrogen-bond acceptors (Lipinski definition) is 4. The summed E-state index contributed by atoms with van der Waals surface area (Å²) >= 11 is 5.24. The Hall–Kier alpha value is -2.60. The van der Waals surface area contributed by atoms with Gasteiger partial charge in [-0.05, 0) is 80.9 Å². The van der Waals surface area contributed by atoms with Crippen molar-refractivity contribution in [1.29, 1.82) is 0 Å². The highest BCUT2D eigenvalue weighted by atomic mass is 32.1. The Balaban J connectivity index is 1.88. The van der Waals surface area contributed by atoms with E-state index >= 15 is 0 Å². The highest BCUT2D eigenvalue weighted by Gasteiger charge is 2.09. The molecule has 6 heteroatoms. The summed E-state index contributed by atoms with van der Waals surface area (Å²) in [5, 5.41) is 5.92. The van der Waals surface area contributed by atoms with Gasteiger partial charge in [0.25, 0.3) is 5.91 Å². The summed E-state index contributed by atoms with van der Waals surface area (Å²) in [5.41, 5.74) is 1.26. The van der Waals surface area contributed by atoms with Crippen LogP contribution in [0.4, 0.5) is 5.69 Å². The van der Waals surface area contributed by atoms with E-state index < -0.39 is 0 Å². The lowest BCUT2D eigenvalue weighted by molar-refractivity contribution is 0.0977. The fourth-order valence-corrected chi connectivity index (χ4v) is 2.58. The molecule has 0 saturated carbocycles. The van der Waals surface area contributed by atoms with E-state index in [2.05, 4.69) is 24.5 Å². The molecule has 0 bridgehead atoms. The van der Waals surface area contributed by atoms with Crippen molar-refractivity contribution in [3.05, 3.63) is 54.1 Å². The second-order valence-electron chi connectivity index (χ2n) is 7.16. The molecule has 0 atom stereocenters. The molecule has 150 valence electrons. The number of carbonyl (C=O) groups excluding carboxylic acids is 1. The van der Waals surface area contributed by atoms with Gasteiger partial charge in [0.05, 0.1) is 12.7 Å². The maximum absolute atomic E-state index is 12.4. The van der Waals surface area contributed by atoms with Crippen LogP contribution < -0.4 is 20.1 Å². The van der Waals surface area contributed by atoms with Gasteiger partial charge in [-0.2, -0.15) is 0 Å². The smallest absolute Gasteiger partial charge is 0.257 e. The van der Waals surface area contributed by atoms with E-state index in [1.165, 1.54) is 0 Å². The van der Waals surface area contributed by atoms with Gasteiger partial charge in [0.2, 0.25) is 0 Å². The van der Waals surface area contributed by atoms with Crippen LogP contribution in [0.5, 0.6) is 11.5 Å². The summed E-state index contributed by atoms with van der Waals surface area (Å²) < 4.78 is 11.3. The molecular formula is C22H28N2O3S. The topological polar surface area (TPSA) is 59.6 Å². The lowest BCUT2D eigenvalue weighted by atomic mass is 10.1. The van der Waals surface area contributed by atoms with Gasteiger partial charge < -0.3 is 14.8 Å². The van der Waals surface area contributed by atoms with Crippen molar-refractivity contribution in [3.63, 3.8) is 0 Å². The van der Waals surface area contributed by atoms with E-state index in [1.807, 2.05) is 44.2 Å². The van der Waals surface area contributed by atoms with Crippen molar-refractivity contribution in [3.8, 4) is 11.5 Å². The molecule has 0 aliphatic carbocycles. The first-order valence-corrected chi connectivity index (χ1v) is 9.86. The number of carbonyl (C=O) groups is 1. The maximum Gasteiger partial charge on any atom is 0.257 e. The zero-order valence-corrected chi connectivity index (χ0v) is 17.6. The van der Waals surface area contributed by atoms with Gasteiger partial charge in [0.1, 0.15) is 11.5 Å². The molecule has 1 amide bonds. The van der Waals surface area contributed by atoms with Crippen molar-refractivity contribution in [2.45, 2.75) is 40.2 Å². The van der Waals surface area contributed by atoms with Crippen LogP contribution in [-0.4, -0.2) is 23.7 Å². The third-order valence-electron chi connectivity index (χ3n) is 3.77. The van der Waals surface area contributed by atoms with Gasteiger partial charge in [0.15, 0.2) is 5.11 Å². The van der Waals surface area contributed by atoms with Crippen molar-refractivity contribution < 1.29 is 14.3 Å². The lowest BCUT2D eigenvalue weighted by Gasteiger charge is -2.13. The first-order chi connectivity index (χ1) is 13.3. The van der Waals surface area contributed by atoms with E-state index in [1.54, 1.807) is 18.2 Å². The number of rotatable bonds is 8. The van der Waals surface area contributed by atoms with Crippen LogP contribution in [-0.2, 0) is 0 Å². The SMILES string of the molecule is CC(C)CCOc1cccc(C(=O)NC(=S)Nc2ccc(OC(C)C)cc2)c1. The third-order valence-corrected chi connectivity index (χ3v) is 3.98. The normalized spacial score (nSPS) is 10.6. The molecule has 0 fully saturated rings. The van der Waals surface area contributed by atoms with Gasteiger partial charge in [-0.1, -0.05) is 19.9 Å². The molecule has 28 heavy (non-hydrogen) atoms. The maximum atomic E-state index is 12.4. The molecular weight excluding hydrogens is 372 g/mol. The molecule has 0 aliphatic heterocycles. The number of amides is 1. The number of benzene rings is 2. The first kappa shape index (κ1) is 21.7. The minimum Gasteiger partial charge on any atom is -0.494 e. The standard InChI is InChI=1S/C22H28N2O3S/c1-15(2)12-13-26-20-7-5-6-17(14-20)21(25)24-22(28)23-18-8-10-19(11-9-18)27-16(3)4/h5-11,14-16H,12-13H2,1-4H3,(H2,23,24,25,28). The number of anilines is 1. The molecule has 0 radical (unpaired) electrons. The summed E-state index contributed by atoms with van der Waals surface area (Å²) in [7, 11) is 0. The fourth-order valence-electron chi connectivity index (χ4n) is 2.37. The van der Waals surface area contributed by atoms with Crippen molar-refractivity contribution in [2.75, 3.05) is 11.9 Å². The Labute approximate surface area is 172 Å². The third kappa shape index (κ3) is 7.56. The fraction of sp³-hybridized carbons (Fsp3) is 0.364. The molecule has 0 unspecified atom stereocenters. The molecule has 0 aromatic heterocycles. The Morgan fingerprint density at radius 1 is 1.04 bits per heavy atom. The second-order valence-corrected chi connectivity index (χ2v) is 7.57. The van der Waals surface area contributed by atoms with Crippen LogP contribution in [0.15, 0.2) is 48.5 Å². The lowest BCUT2D eigenvalue weighted by Crippen LogP contribution is -2.34. The average Bonchev–Trinajstić information content (AvgIpc) is 2.63. The Bertz CT molecular complexity index is 789. The molecule has 0 heterocycles. The highest BCUT2D eigenvalue weighted by Crippen LogP contribution is 2.17. The second kappa shape index (κ2) is 10.7. The van der Waals surface area contributed by atoms with Crippen molar-refractivity contribution >= 4 is 28.9 Å². The predicted molar refractivity (Wildman–Crippen MR) is 117 cm³/mol. The summed E-state index contributed by atoms with van der Waals surface area (Å²) in [4.78, 5) is 12.4. The van der Waals surface area contributed by atoms with E-state index in [0.29, 0.717) is 23.8 Å². The monoisotopic (exact) mass is 400 g/mol. The number of hydrogen-bond donors (Lipinski definition) is 2. The highest BCUT2D eigenvalue weighted by molar-refractivity contribution is 7.80. The zero-order valence-electron chi connectivity index (χ0n) is 16.8. The van der Waals surface area contributed by atoms with Crippen LogP contribution in [0.2, 0.25) is 0 Å². The molecule has 0 spiro atoms. The average molecular weight is 401 g/mol. The Morgan fingerprint density at radius 2 is 1.75 bits per heavy atom. The molecule has 2 N–H and O–H groups in total. The zero-order chi connectivity index (χ0) is 20.5. The molecule has 0 aliphatic rings. The summed E-state index contributed by atoms with van der Waals surface area (Å²) in [6.45, 7) is 8.86. The van der Waals surface area contributed by atoms with Crippen LogP contribution >= 0.6 is 12.2 Å². The van der Waals surface area contributed by atoms with Crippen LogP contribution in [0.3, 0.4) is 0 Å². The summed E-state index contributed by atoms with van der Waals surface area (Å²) in [6.07, 6.45) is 1.08. The Kier molecular flexibility index (Phi) is 8.26. The van der Waals surface area contributed by atoms with Gasteiger partial charge in [-0.3, -0.25) is 10.1 Å². The van der Waals surface area contributed by atoms with Crippen molar-refractivity contribution in [1.82, 2.24) is 5.32 Å². The van der Waals surface area contributed by atoms with E-state index in [9.17, 15) is 4.79 Å². The molecule has 2 rings (SSSR count). The van der Waals surface area contributed by atoms with E-state index in [4.69, 9.17) is 21.7 Å². The summed E-state index contributed by atoms with van der Waals surface area (Å²) in [5.74, 6) is 1.74. The molecule has 0 saturated heterocycles. The molecule has 5 nitrogen and oxygen atoms in total. The summed E-state index contributed by atoms with van der Waals surface area (Å²) in [6, 6.07) is 14.5. The molecule has 2 aromatic carbocycles. The minimum atomic E-state index is -0.286. The minimum absolute atomic E-state index is 0.115. The largest absolute Gasteiger partial charge is 0.494 e. The van der Waals surface area contributed by atoms with E-state index in [0.717, 1.165) is 17.9 Å². The van der Waals surface area contributed by atoms with Crippen LogP contribution in [0, 0.1) is 5.92 Å². The molecule has 2 aromatic rings. The van der Waals surface area contributed by atoms with Crippen LogP contribution in [0.25, 0.3) is 0 Å². The van der Waals surface area contributed by atoms with Crippen molar-refractivity contribution in [2.24, 2.45) is 5.92 Å². The van der Waals surface area contributed by atoms with Gasteiger partial charge >= 0.3 is 0 Å². The number of nitrogens with one attached hydrogen (secondary N) is 2.